The minimum atomic E-state index is -3.43. The number of amides is 1. The van der Waals surface area contributed by atoms with E-state index in [9.17, 15) is 13.2 Å². The van der Waals surface area contributed by atoms with Crippen LogP contribution in [0.5, 0.6) is 5.75 Å². The minimum absolute atomic E-state index is 0.0771. The Morgan fingerprint density at radius 1 is 1.20 bits per heavy atom. The first-order chi connectivity index (χ1) is 11.9. The number of nitrogens with zero attached hydrogens (tertiary/aromatic N) is 1. The van der Waals surface area contributed by atoms with Gasteiger partial charge < -0.3 is 10.1 Å². The lowest BCUT2D eigenvalue weighted by Crippen LogP contribution is -2.36. The Hall–Kier alpha value is -1.60. The first-order valence-electron chi connectivity index (χ1n) is 8.96. The highest BCUT2D eigenvalue weighted by atomic mass is 32.2. The molecule has 7 heteroatoms. The van der Waals surface area contributed by atoms with Crippen molar-refractivity contribution >= 4 is 15.9 Å². The summed E-state index contributed by atoms with van der Waals surface area (Å²) in [6, 6.07) is 6.39. The lowest BCUT2D eigenvalue weighted by molar-refractivity contribution is -0.123. The van der Waals surface area contributed by atoms with Gasteiger partial charge in [-0.25, -0.2) is 8.42 Å². The quantitative estimate of drug-likeness (QED) is 0.765. The van der Waals surface area contributed by atoms with E-state index in [4.69, 9.17) is 4.74 Å². The SMILES string of the molecule is CCC[C@H](C)NC(=O)COc1ccc(S(=O)(=O)N2CCCCC2)cc1. The molecule has 25 heavy (non-hydrogen) atoms. The van der Waals surface area contributed by atoms with E-state index in [2.05, 4.69) is 12.2 Å². The van der Waals surface area contributed by atoms with Gasteiger partial charge in [0.1, 0.15) is 5.75 Å². The van der Waals surface area contributed by atoms with Crippen molar-refractivity contribution in [2.24, 2.45) is 0 Å². The smallest absolute Gasteiger partial charge is 0.258 e. The molecular formula is C18H28N2O4S. The van der Waals surface area contributed by atoms with Gasteiger partial charge in [0.15, 0.2) is 6.61 Å². The molecule has 1 amide bonds. The molecular weight excluding hydrogens is 340 g/mol. The molecule has 1 aromatic carbocycles. The van der Waals surface area contributed by atoms with E-state index in [1.54, 1.807) is 12.1 Å². The van der Waals surface area contributed by atoms with Crippen molar-refractivity contribution in [2.45, 2.75) is 56.9 Å². The molecule has 1 fully saturated rings. The van der Waals surface area contributed by atoms with E-state index in [0.717, 1.165) is 32.1 Å². The number of hydrogen-bond donors (Lipinski definition) is 1. The van der Waals surface area contributed by atoms with Gasteiger partial charge in [-0.05, 0) is 50.5 Å². The molecule has 0 saturated carbocycles. The average molecular weight is 368 g/mol. The Labute approximate surface area is 150 Å². The van der Waals surface area contributed by atoms with Crippen LogP contribution in [0.1, 0.15) is 46.0 Å². The topological polar surface area (TPSA) is 75.7 Å². The average Bonchev–Trinajstić information content (AvgIpc) is 2.61. The number of rotatable bonds is 8. The van der Waals surface area contributed by atoms with E-state index in [0.29, 0.717) is 18.8 Å². The van der Waals surface area contributed by atoms with Crippen molar-refractivity contribution < 1.29 is 17.9 Å². The van der Waals surface area contributed by atoms with Crippen LogP contribution in [0.4, 0.5) is 0 Å². The Kier molecular flexibility index (Phi) is 7.25. The Balaban J connectivity index is 1.90. The summed E-state index contributed by atoms with van der Waals surface area (Å²) < 4.78 is 32.1. The predicted molar refractivity (Wildman–Crippen MR) is 97.1 cm³/mol. The van der Waals surface area contributed by atoms with Gasteiger partial charge in [-0.1, -0.05) is 19.8 Å². The van der Waals surface area contributed by atoms with Crippen LogP contribution in [0.15, 0.2) is 29.2 Å². The zero-order chi connectivity index (χ0) is 18.3. The number of piperidine rings is 1. The molecule has 0 bridgehead atoms. The van der Waals surface area contributed by atoms with E-state index in [-0.39, 0.29) is 23.5 Å². The number of ether oxygens (including phenoxy) is 1. The number of hydrogen-bond acceptors (Lipinski definition) is 4. The zero-order valence-electron chi connectivity index (χ0n) is 15.0. The molecule has 140 valence electrons. The molecule has 2 rings (SSSR count). The molecule has 0 spiro atoms. The molecule has 0 aromatic heterocycles. The Morgan fingerprint density at radius 2 is 1.84 bits per heavy atom. The molecule has 1 N–H and O–H groups in total. The van der Waals surface area contributed by atoms with E-state index >= 15 is 0 Å². The van der Waals surface area contributed by atoms with Gasteiger partial charge in [-0.2, -0.15) is 4.31 Å². The molecule has 6 nitrogen and oxygen atoms in total. The maximum atomic E-state index is 12.6. The highest BCUT2D eigenvalue weighted by molar-refractivity contribution is 7.89. The normalized spacial score (nSPS) is 17.0. The molecule has 1 aliphatic rings. The third-order valence-electron chi connectivity index (χ3n) is 4.28. The highest BCUT2D eigenvalue weighted by Crippen LogP contribution is 2.22. The Bertz CT molecular complexity index is 652. The summed E-state index contributed by atoms with van der Waals surface area (Å²) in [5.74, 6) is 0.307. The molecule has 1 saturated heterocycles. The lowest BCUT2D eigenvalue weighted by Gasteiger charge is -2.25. The monoisotopic (exact) mass is 368 g/mol. The van der Waals surface area contributed by atoms with Crippen LogP contribution in [-0.2, 0) is 14.8 Å². The van der Waals surface area contributed by atoms with Crippen LogP contribution < -0.4 is 10.1 Å². The molecule has 1 heterocycles. The summed E-state index contributed by atoms with van der Waals surface area (Å²) >= 11 is 0. The predicted octanol–water partition coefficient (Wildman–Crippen LogP) is 2.54. The maximum absolute atomic E-state index is 12.6. The number of carbonyl (C=O) groups is 1. The van der Waals surface area contributed by atoms with Gasteiger partial charge in [0.25, 0.3) is 5.91 Å². The fourth-order valence-corrected chi connectivity index (χ4v) is 4.45. The van der Waals surface area contributed by atoms with Crippen molar-refractivity contribution in [3.8, 4) is 5.75 Å². The first-order valence-corrected chi connectivity index (χ1v) is 10.4. The van der Waals surface area contributed by atoms with Crippen LogP contribution in [-0.4, -0.2) is 44.4 Å². The van der Waals surface area contributed by atoms with Crippen LogP contribution >= 0.6 is 0 Å². The molecule has 0 aliphatic carbocycles. The van der Waals surface area contributed by atoms with Crippen LogP contribution in [0.25, 0.3) is 0 Å². The second-order valence-electron chi connectivity index (χ2n) is 6.48. The summed E-state index contributed by atoms with van der Waals surface area (Å²) in [6.07, 6.45) is 4.83. The van der Waals surface area contributed by atoms with Gasteiger partial charge >= 0.3 is 0 Å². The summed E-state index contributed by atoms with van der Waals surface area (Å²) in [5.41, 5.74) is 0. The van der Waals surface area contributed by atoms with Crippen molar-refractivity contribution in [3.63, 3.8) is 0 Å². The highest BCUT2D eigenvalue weighted by Gasteiger charge is 2.25. The standard InChI is InChI=1S/C18H28N2O4S/c1-3-7-15(2)19-18(21)14-24-16-8-10-17(11-9-16)25(22,23)20-12-5-4-6-13-20/h8-11,15H,3-7,12-14H2,1-2H3,(H,19,21)/t15-/m0/s1. The van der Waals surface area contributed by atoms with E-state index in [1.165, 1.54) is 16.4 Å². The molecule has 1 aliphatic heterocycles. The Morgan fingerprint density at radius 3 is 2.44 bits per heavy atom. The van der Waals surface area contributed by atoms with Crippen LogP contribution in [0.3, 0.4) is 0 Å². The number of benzene rings is 1. The van der Waals surface area contributed by atoms with Crippen molar-refractivity contribution in [3.05, 3.63) is 24.3 Å². The van der Waals surface area contributed by atoms with Crippen LogP contribution in [0.2, 0.25) is 0 Å². The summed E-state index contributed by atoms with van der Waals surface area (Å²) in [6.45, 7) is 5.11. The molecule has 1 aromatic rings. The summed E-state index contributed by atoms with van der Waals surface area (Å²) in [5, 5.41) is 2.86. The third-order valence-corrected chi connectivity index (χ3v) is 6.19. The molecule has 1 atom stereocenters. The van der Waals surface area contributed by atoms with Gasteiger partial charge in [0.05, 0.1) is 4.90 Å². The van der Waals surface area contributed by atoms with Gasteiger partial charge in [0, 0.05) is 19.1 Å². The first kappa shape index (κ1) is 19.7. The molecule has 0 radical (unpaired) electrons. The summed E-state index contributed by atoms with van der Waals surface area (Å²) in [7, 11) is -3.43. The third kappa shape index (κ3) is 5.71. The second kappa shape index (κ2) is 9.20. The number of sulfonamides is 1. The largest absolute Gasteiger partial charge is 0.484 e. The maximum Gasteiger partial charge on any atom is 0.258 e. The van der Waals surface area contributed by atoms with E-state index in [1.807, 2.05) is 6.92 Å². The lowest BCUT2D eigenvalue weighted by atomic mass is 10.2. The summed E-state index contributed by atoms with van der Waals surface area (Å²) in [4.78, 5) is 12.1. The zero-order valence-corrected chi connectivity index (χ0v) is 15.8. The fourth-order valence-electron chi connectivity index (χ4n) is 2.93. The van der Waals surface area contributed by atoms with Crippen molar-refractivity contribution in [2.75, 3.05) is 19.7 Å². The van der Waals surface area contributed by atoms with Gasteiger partial charge in [0.2, 0.25) is 10.0 Å². The van der Waals surface area contributed by atoms with Crippen molar-refractivity contribution in [1.82, 2.24) is 9.62 Å². The van der Waals surface area contributed by atoms with Crippen molar-refractivity contribution in [1.29, 1.82) is 0 Å². The van der Waals surface area contributed by atoms with Gasteiger partial charge in [-0.15, -0.1) is 0 Å². The van der Waals surface area contributed by atoms with Gasteiger partial charge in [-0.3, -0.25) is 4.79 Å². The number of nitrogens with one attached hydrogen (secondary N) is 1. The molecule has 0 unspecified atom stereocenters. The van der Waals surface area contributed by atoms with E-state index < -0.39 is 10.0 Å². The fraction of sp³-hybridized carbons (Fsp3) is 0.611. The minimum Gasteiger partial charge on any atom is -0.484 e. The second-order valence-corrected chi connectivity index (χ2v) is 8.42. The van der Waals surface area contributed by atoms with Crippen LogP contribution in [0, 0.1) is 0 Å². The number of carbonyl (C=O) groups excluding carboxylic acids is 1.